The molecule has 3 N–H and O–H groups in total. The molecule has 2 aromatic rings. The van der Waals surface area contributed by atoms with Gasteiger partial charge in [0.1, 0.15) is 6.54 Å². The molecule has 0 fully saturated rings. The highest BCUT2D eigenvalue weighted by atomic mass is 32.2. The number of amides is 1. The number of primary sulfonamides is 1. The zero-order valence-electron chi connectivity index (χ0n) is 17.8. The van der Waals surface area contributed by atoms with Gasteiger partial charge in [-0.15, -0.1) is 0 Å². The summed E-state index contributed by atoms with van der Waals surface area (Å²) in [6, 6.07) is 6.02. The lowest BCUT2D eigenvalue weighted by atomic mass is 9.97. The van der Waals surface area contributed by atoms with E-state index in [2.05, 4.69) is 11.4 Å². The summed E-state index contributed by atoms with van der Waals surface area (Å²) in [7, 11) is -3.76. The van der Waals surface area contributed by atoms with Crippen molar-refractivity contribution in [1.29, 1.82) is 0 Å². The van der Waals surface area contributed by atoms with Crippen LogP contribution in [0.25, 0.3) is 0 Å². The molecule has 172 valence electrons. The molecule has 0 unspecified atom stereocenters. The number of nitrogens with zero attached hydrogens (tertiary/aromatic N) is 2. The smallest absolute Gasteiger partial charge is 0.316 e. The predicted molar refractivity (Wildman–Crippen MR) is 121 cm³/mol. The molecule has 0 saturated carbocycles. The number of nitrogens with one attached hydrogen (secondary N) is 1. The first kappa shape index (κ1) is 23.7. The van der Waals surface area contributed by atoms with Gasteiger partial charge in [0.15, 0.2) is 0 Å². The number of aromatic nitrogens is 2. The van der Waals surface area contributed by atoms with Gasteiger partial charge in [-0.2, -0.15) is 0 Å². The average molecular weight is 461 g/mol. The average Bonchev–Trinajstić information content (AvgIpc) is 2.77. The van der Waals surface area contributed by atoms with E-state index in [0.29, 0.717) is 13.0 Å². The number of aryl methyl sites for hydroxylation is 2. The highest BCUT2D eigenvalue weighted by Gasteiger charge is 2.11. The lowest BCUT2D eigenvalue weighted by Crippen LogP contribution is -2.43. The third kappa shape index (κ3) is 6.51. The number of nitrogens with two attached hydrogens (primary N) is 1. The van der Waals surface area contributed by atoms with Crippen LogP contribution < -0.4 is 21.6 Å². The van der Waals surface area contributed by atoms with Crippen molar-refractivity contribution in [3.05, 3.63) is 74.6 Å². The summed E-state index contributed by atoms with van der Waals surface area (Å²) in [4.78, 5) is 36.9. The summed E-state index contributed by atoms with van der Waals surface area (Å²) in [6.45, 7) is 0.550. The Balaban J connectivity index is 1.55. The van der Waals surface area contributed by atoms with Crippen molar-refractivity contribution in [2.45, 2.75) is 56.5 Å². The second-order valence-corrected chi connectivity index (χ2v) is 9.44. The fourth-order valence-corrected chi connectivity index (χ4v) is 4.16. The van der Waals surface area contributed by atoms with E-state index in [1.807, 2.05) is 0 Å². The van der Waals surface area contributed by atoms with Gasteiger partial charge in [0.25, 0.3) is 0 Å². The van der Waals surface area contributed by atoms with Crippen molar-refractivity contribution >= 4 is 15.9 Å². The highest BCUT2D eigenvalue weighted by molar-refractivity contribution is 7.89. The van der Waals surface area contributed by atoms with Crippen molar-refractivity contribution in [3.63, 3.8) is 0 Å². The van der Waals surface area contributed by atoms with Crippen LogP contribution in [0.5, 0.6) is 0 Å². The van der Waals surface area contributed by atoms with Crippen molar-refractivity contribution in [3.8, 4) is 0 Å². The molecular formula is C22H28N4O5S. The summed E-state index contributed by atoms with van der Waals surface area (Å²) >= 11 is 0. The molecule has 9 nitrogen and oxygen atoms in total. The van der Waals surface area contributed by atoms with E-state index in [1.54, 1.807) is 12.1 Å². The number of carbonyl (C=O) groups is 1. The molecule has 0 radical (unpaired) electrons. The van der Waals surface area contributed by atoms with Crippen LogP contribution in [0, 0.1) is 0 Å². The minimum Gasteiger partial charge on any atom is -0.354 e. The first-order valence-electron chi connectivity index (χ1n) is 10.6. The van der Waals surface area contributed by atoms with Crippen LogP contribution in [0.4, 0.5) is 0 Å². The lowest BCUT2D eigenvalue weighted by Gasteiger charge is -2.13. The van der Waals surface area contributed by atoms with Gasteiger partial charge in [0, 0.05) is 25.5 Å². The van der Waals surface area contributed by atoms with Crippen LogP contribution in [-0.2, 0) is 34.3 Å². The highest BCUT2D eigenvalue weighted by Crippen LogP contribution is 2.19. The van der Waals surface area contributed by atoms with E-state index in [-0.39, 0.29) is 23.9 Å². The normalized spacial score (nSPS) is 14.1. The first-order chi connectivity index (χ1) is 15.2. The zero-order chi connectivity index (χ0) is 23.1. The Morgan fingerprint density at radius 1 is 1.00 bits per heavy atom. The fraction of sp³-hybridized carbons (Fsp3) is 0.409. The maximum absolute atomic E-state index is 12.4. The van der Waals surface area contributed by atoms with Gasteiger partial charge < -0.3 is 9.88 Å². The molecule has 0 atom stereocenters. The Morgan fingerprint density at radius 3 is 2.34 bits per heavy atom. The molecule has 32 heavy (non-hydrogen) atoms. The Kier molecular flexibility index (Phi) is 7.81. The molecule has 1 aromatic carbocycles. The van der Waals surface area contributed by atoms with E-state index < -0.39 is 21.1 Å². The summed E-state index contributed by atoms with van der Waals surface area (Å²) < 4.78 is 25.0. The molecule has 0 bridgehead atoms. The van der Waals surface area contributed by atoms with Crippen LogP contribution in [-0.4, -0.2) is 30.0 Å². The molecule has 1 aliphatic rings. The summed E-state index contributed by atoms with van der Waals surface area (Å²) in [5.41, 5.74) is 0.674. The maximum Gasteiger partial charge on any atom is 0.316 e. The van der Waals surface area contributed by atoms with Crippen LogP contribution in [0.3, 0.4) is 0 Å². The first-order valence-corrected chi connectivity index (χ1v) is 12.1. The Hall–Kier alpha value is -2.98. The van der Waals surface area contributed by atoms with Gasteiger partial charge in [-0.25, -0.2) is 13.6 Å². The largest absolute Gasteiger partial charge is 0.354 e. The summed E-state index contributed by atoms with van der Waals surface area (Å²) in [5.74, 6) is -0.310. The van der Waals surface area contributed by atoms with E-state index in [1.165, 1.54) is 47.5 Å². The molecule has 0 saturated heterocycles. The van der Waals surface area contributed by atoms with Gasteiger partial charge in [0.05, 0.1) is 4.90 Å². The standard InChI is InChI=1S/C22H28N4O5S/c23-32(30,31)19-8-6-18(7-9-19)11-13-25-14-15-26(22(29)21(25)28)16-20(27)24-12-10-17-4-2-1-3-5-17/h4,6-9,14-15H,1-3,5,10-13,16H2,(H,24,27)(H2,23,30,31). The molecule has 10 heteroatoms. The number of benzene rings is 1. The minimum atomic E-state index is -3.76. The molecule has 0 spiro atoms. The van der Waals surface area contributed by atoms with E-state index in [9.17, 15) is 22.8 Å². The van der Waals surface area contributed by atoms with Gasteiger partial charge in [-0.1, -0.05) is 23.8 Å². The number of allylic oxidation sites excluding steroid dienone is 1. The monoisotopic (exact) mass is 460 g/mol. The fourth-order valence-electron chi connectivity index (χ4n) is 3.64. The van der Waals surface area contributed by atoms with Gasteiger partial charge in [0.2, 0.25) is 15.9 Å². The lowest BCUT2D eigenvalue weighted by molar-refractivity contribution is -0.121. The topological polar surface area (TPSA) is 133 Å². The van der Waals surface area contributed by atoms with Gasteiger partial charge >= 0.3 is 11.1 Å². The Labute approximate surface area is 186 Å². The summed E-state index contributed by atoms with van der Waals surface area (Å²) in [6.07, 6.45) is 10.9. The van der Waals surface area contributed by atoms with Gasteiger partial charge in [-0.3, -0.25) is 19.0 Å². The second kappa shape index (κ2) is 10.6. The van der Waals surface area contributed by atoms with Crippen molar-refractivity contribution in [1.82, 2.24) is 14.5 Å². The van der Waals surface area contributed by atoms with Crippen LogP contribution in [0.2, 0.25) is 0 Å². The van der Waals surface area contributed by atoms with Crippen LogP contribution in [0.1, 0.15) is 37.7 Å². The third-order valence-electron chi connectivity index (χ3n) is 5.49. The SMILES string of the molecule is NS(=O)(=O)c1ccc(CCn2ccn(CC(=O)NCCC3=CCCCC3)c(=O)c2=O)cc1. The second-order valence-electron chi connectivity index (χ2n) is 7.88. The number of carbonyl (C=O) groups excluding carboxylic acids is 1. The van der Waals surface area contributed by atoms with Crippen molar-refractivity contribution in [2.75, 3.05) is 6.54 Å². The number of hydrogen-bond donors (Lipinski definition) is 2. The minimum absolute atomic E-state index is 0.00903. The number of hydrogen-bond acceptors (Lipinski definition) is 5. The predicted octanol–water partition coefficient (Wildman–Crippen LogP) is 0.907. The number of rotatable bonds is 9. The molecule has 3 rings (SSSR count). The van der Waals surface area contributed by atoms with Crippen LogP contribution >= 0.6 is 0 Å². The summed E-state index contributed by atoms with van der Waals surface area (Å²) in [5, 5.41) is 7.88. The quantitative estimate of drug-likeness (QED) is 0.424. The van der Waals surface area contributed by atoms with Crippen molar-refractivity contribution < 1.29 is 13.2 Å². The van der Waals surface area contributed by atoms with Gasteiger partial charge in [-0.05, 0) is 56.2 Å². The van der Waals surface area contributed by atoms with E-state index in [0.717, 1.165) is 29.4 Å². The van der Waals surface area contributed by atoms with Crippen LogP contribution in [0.15, 0.2) is 62.8 Å². The Morgan fingerprint density at radius 2 is 1.69 bits per heavy atom. The maximum atomic E-state index is 12.4. The van der Waals surface area contributed by atoms with E-state index in [4.69, 9.17) is 5.14 Å². The molecule has 0 aliphatic heterocycles. The van der Waals surface area contributed by atoms with E-state index >= 15 is 0 Å². The molecule has 1 aliphatic carbocycles. The molecule has 1 amide bonds. The zero-order valence-corrected chi connectivity index (χ0v) is 18.6. The molecule has 1 heterocycles. The number of sulfonamides is 1. The Bertz CT molecular complexity index is 1210. The molecule has 1 aromatic heterocycles. The van der Waals surface area contributed by atoms with Crippen molar-refractivity contribution in [2.24, 2.45) is 5.14 Å². The molecular weight excluding hydrogens is 432 g/mol. The third-order valence-corrected chi connectivity index (χ3v) is 6.42.